The fourth-order valence-electron chi connectivity index (χ4n) is 1.68. The van der Waals surface area contributed by atoms with Crippen molar-refractivity contribution in [1.29, 1.82) is 0 Å². The lowest BCUT2D eigenvalue weighted by atomic mass is 9.97. The first-order chi connectivity index (χ1) is 6.64. The summed E-state index contributed by atoms with van der Waals surface area (Å²) in [7, 11) is 0. The van der Waals surface area contributed by atoms with Crippen LogP contribution in [0.2, 0.25) is 0 Å². The van der Waals surface area contributed by atoms with E-state index in [0.717, 1.165) is 18.6 Å². The molecule has 2 atom stereocenters. The lowest BCUT2D eigenvalue weighted by Crippen LogP contribution is -2.38. The summed E-state index contributed by atoms with van der Waals surface area (Å²) in [5.74, 6) is 2.23. The van der Waals surface area contributed by atoms with Crippen molar-refractivity contribution in [3.63, 3.8) is 0 Å². The van der Waals surface area contributed by atoms with Gasteiger partial charge in [0.1, 0.15) is 0 Å². The van der Waals surface area contributed by atoms with Gasteiger partial charge in [0.2, 0.25) is 5.89 Å². The first-order valence-corrected chi connectivity index (χ1v) is 5.92. The highest BCUT2D eigenvalue weighted by Gasteiger charge is 2.39. The summed E-state index contributed by atoms with van der Waals surface area (Å²) >= 11 is 1.87. The molecule has 1 fully saturated rings. The first kappa shape index (κ1) is 9.98. The van der Waals surface area contributed by atoms with Crippen molar-refractivity contribution in [2.75, 3.05) is 5.75 Å². The Hall–Kier alpha value is -0.550. The highest BCUT2D eigenvalue weighted by Crippen LogP contribution is 2.38. The van der Waals surface area contributed by atoms with E-state index >= 15 is 0 Å². The minimum atomic E-state index is -0.374. The second-order valence-electron chi connectivity index (χ2n) is 3.85. The van der Waals surface area contributed by atoms with Crippen molar-refractivity contribution in [3.8, 4) is 0 Å². The summed E-state index contributed by atoms with van der Waals surface area (Å²) in [6.07, 6.45) is 1.70. The van der Waals surface area contributed by atoms with Gasteiger partial charge in [-0.2, -0.15) is 16.7 Å². The predicted molar refractivity (Wildman–Crippen MR) is 56.1 cm³/mol. The number of aromatic nitrogens is 2. The van der Waals surface area contributed by atoms with Crippen LogP contribution in [0.4, 0.5) is 0 Å². The molecule has 0 bridgehead atoms. The minimum absolute atomic E-state index is 0.374. The van der Waals surface area contributed by atoms with Crippen LogP contribution in [0, 0.1) is 0 Å². The molecule has 2 heterocycles. The molecule has 4 nitrogen and oxygen atoms in total. The highest BCUT2D eigenvalue weighted by atomic mass is 32.2. The van der Waals surface area contributed by atoms with Gasteiger partial charge in [0.25, 0.3) is 0 Å². The molecule has 0 spiro atoms. The lowest BCUT2D eigenvalue weighted by Gasteiger charge is -2.17. The van der Waals surface area contributed by atoms with Gasteiger partial charge in [-0.05, 0) is 6.42 Å². The normalized spacial score (nSPS) is 32.4. The summed E-state index contributed by atoms with van der Waals surface area (Å²) in [5, 5.41) is 4.54. The number of aryl methyl sites for hydroxylation is 1. The Kier molecular flexibility index (Phi) is 2.53. The van der Waals surface area contributed by atoms with Gasteiger partial charge in [-0.3, -0.25) is 0 Å². The second-order valence-corrected chi connectivity index (χ2v) is 5.27. The maximum Gasteiger partial charge on any atom is 0.226 e. The van der Waals surface area contributed by atoms with Crippen molar-refractivity contribution in [3.05, 3.63) is 11.7 Å². The zero-order valence-electron chi connectivity index (χ0n) is 8.49. The van der Waals surface area contributed by atoms with Crippen LogP contribution in [-0.4, -0.2) is 21.1 Å². The number of nitrogens with zero attached hydrogens (tertiary/aromatic N) is 2. The van der Waals surface area contributed by atoms with Crippen molar-refractivity contribution in [1.82, 2.24) is 10.1 Å². The quantitative estimate of drug-likeness (QED) is 0.802. The average molecular weight is 213 g/mol. The smallest absolute Gasteiger partial charge is 0.226 e. The summed E-state index contributed by atoms with van der Waals surface area (Å²) < 4.78 is 5.08. The van der Waals surface area contributed by atoms with E-state index in [1.54, 1.807) is 0 Å². The molecule has 0 aromatic carbocycles. The Labute approximate surface area is 87.6 Å². The predicted octanol–water partition coefficient (Wildman–Crippen LogP) is 1.31. The largest absolute Gasteiger partial charge is 0.339 e. The monoisotopic (exact) mass is 213 g/mol. The van der Waals surface area contributed by atoms with E-state index < -0.39 is 0 Å². The number of nitrogens with two attached hydrogens (primary N) is 1. The summed E-state index contributed by atoms with van der Waals surface area (Å²) in [4.78, 5) is 4.30. The van der Waals surface area contributed by atoms with Crippen LogP contribution in [0.25, 0.3) is 0 Å². The molecule has 1 aliphatic rings. The molecule has 78 valence electrons. The highest BCUT2D eigenvalue weighted by molar-refractivity contribution is 8.00. The van der Waals surface area contributed by atoms with Gasteiger partial charge < -0.3 is 10.3 Å². The van der Waals surface area contributed by atoms with E-state index in [2.05, 4.69) is 17.1 Å². The molecule has 0 amide bonds. The molecule has 14 heavy (non-hydrogen) atoms. The first-order valence-electron chi connectivity index (χ1n) is 4.87. The Morgan fingerprint density at radius 3 is 3.00 bits per heavy atom. The van der Waals surface area contributed by atoms with E-state index in [1.165, 1.54) is 0 Å². The molecule has 1 aromatic heterocycles. The third-order valence-corrected chi connectivity index (χ3v) is 3.91. The molecule has 5 heteroatoms. The van der Waals surface area contributed by atoms with E-state index in [-0.39, 0.29) is 5.54 Å². The van der Waals surface area contributed by atoms with Crippen LogP contribution in [0.5, 0.6) is 0 Å². The number of rotatable bonds is 2. The third-order valence-electron chi connectivity index (χ3n) is 2.49. The SMILES string of the molecule is CCc1nc(C2(N)CSC(C)C2)no1. The Morgan fingerprint density at radius 2 is 2.50 bits per heavy atom. The molecule has 0 saturated carbocycles. The summed E-state index contributed by atoms with van der Waals surface area (Å²) in [5.41, 5.74) is 5.86. The van der Waals surface area contributed by atoms with E-state index in [9.17, 15) is 0 Å². The van der Waals surface area contributed by atoms with Crippen LogP contribution in [0.15, 0.2) is 4.52 Å². The zero-order chi connectivity index (χ0) is 10.2. The maximum absolute atomic E-state index is 6.23. The molecule has 0 radical (unpaired) electrons. The van der Waals surface area contributed by atoms with Crippen LogP contribution >= 0.6 is 11.8 Å². The molecular weight excluding hydrogens is 198 g/mol. The summed E-state index contributed by atoms with van der Waals surface area (Å²) in [6, 6.07) is 0. The van der Waals surface area contributed by atoms with Gasteiger partial charge in [0.05, 0.1) is 5.54 Å². The van der Waals surface area contributed by atoms with Crippen molar-refractivity contribution in [2.24, 2.45) is 5.73 Å². The van der Waals surface area contributed by atoms with E-state index in [1.807, 2.05) is 18.7 Å². The van der Waals surface area contributed by atoms with Crippen LogP contribution in [0.3, 0.4) is 0 Å². The Morgan fingerprint density at radius 1 is 1.71 bits per heavy atom. The number of hydrogen-bond donors (Lipinski definition) is 1. The molecule has 2 rings (SSSR count). The van der Waals surface area contributed by atoms with Crippen molar-refractivity contribution >= 4 is 11.8 Å². The molecule has 2 unspecified atom stereocenters. The molecular formula is C9H15N3OS. The van der Waals surface area contributed by atoms with Gasteiger partial charge >= 0.3 is 0 Å². The summed E-state index contributed by atoms with van der Waals surface area (Å²) in [6.45, 7) is 4.17. The number of thioether (sulfide) groups is 1. The fourth-order valence-corrected chi connectivity index (χ4v) is 2.92. The van der Waals surface area contributed by atoms with Crippen LogP contribution < -0.4 is 5.73 Å². The van der Waals surface area contributed by atoms with Crippen molar-refractivity contribution in [2.45, 2.75) is 37.5 Å². The molecule has 2 N–H and O–H groups in total. The standard InChI is InChI=1S/C9H15N3OS/c1-3-7-11-8(12-13-7)9(10)4-6(2)14-5-9/h6H,3-5,10H2,1-2H3. The zero-order valence-corrected chi connectivity index (χ0v) is 9.30. The third kappa shape index (κ3) is 1.66. The van der Waals surface area contributed by atoms with E-state index in [4.69, 9.17) is 10.3 Å². The molecule has 0 aliphatic carbocycles. The molecule has 1 aliphatic heterocycles. The Bertz CT molecular complexity index is 328. The lowest BCUT2D eigenvalue weighted by molar-refractivity contribution is 0.356. The maximum atomic E-state index is 6.23. The Balaban J connectivity index is 2.21. The number of hydrogen-bond acceptors (Lipinski definition) is 5. The van der Waals surface area contributed by atoms with Crippen LogP contribution in [0.1, 0.15) is 32.0 Å². The fraction of sp³-hybridized carbons (Fsp3) is 0.778. The molecule has 1 saturated heterocycles. The second kappa shape index (κ2) is 3.55. The van der Waals surface area contributed by atoms with Gasteiger partial charge in [-0.25, -0.2) is 0 Å². The minimum Gasteiger partial charge on any atom is -0.339 e. The van der Waals surface area contributed by atoms with Gasteiger partial charge in [0, 0.05) is 17.4 Å². The topological polar surface area (TPSA) is 64.9 Å². The molecule has 1 aromatic rings. The van der Waals surface area contributed by atoms with Crippen molar-refractivity contribution < 1.29 is 4.52 Å². The van der Waals surface area contributed by atoms with E-state index in [0.29, 0.717) is 17.0 Å². The van der Waals surface area contributed by atoms with Gasteiger partial charge in [-0.15, -0.1) is 0 Å². The van der Waals surface area contributed by atoms with Crippen LogP contribution in [-0.2, 0) is 12.0 Å². The van der Waals surface area contributed by atoms with Gasteiger partial charge in [0.15, 0.2) is 5.82 Å². The van der Waals surface area contributed by atoms with Gasteiger partial charge in [-0.1, -0.05) is 19.0 Å². The average Bonchev–Trinajstić information content (AvgIpc) is 2.73.